The Morgan fingerprint density at radius 1 is 1.18 bits per heavy atom. The maximum absolute atomic E-state index is 13.5. The number of aliphatic hydroxyl groups is 1. The van der Waals surface area contributed by atoms with Gasteiger partial charge in [0.1, 0.15) is 5.82 Å². The third kappa shape index (κ3) is 7.46. The van der Waals surface area contributed by atoms with E-state index in [4.69, 9.17) is 0 Å². The van der Waals surface area contributed by atoms with Crippen molar-refractivity contribution in [2.75, 3.05) is 29.9 Å². The summed E-state index contributed by atoms with van der Waals surface area (Å²) in [5.74, 6) is 0.712. The summed E-state index contributed by atoms with van der Waals surface area (Å²) in [6, 6.07) is 14.7. The van der Waals surface area contributed by atoms with Gasteiger partial charge in [-0.2, -0.15) is 0 Å². The van der Waals surface area contributed by atoms with Gasteiger partial charge in [0.15, 0.2) is 0 Å². The van der Waals surface area contributed by atoms with Crippen LogP contribution in [0.25, 0.3) is 0 Å². The number of hydrogen-bond acceptors (Lipinski definition) is 6. The smallest absolute Gasteiger partial charge is 0.251 e. The van der Waals surface area contributed by atoms with Crippen LogP contribution in [-0.2, 0) is 24.2 Å². The fourth-order valence-corrected chi connectivity index (χ4v) is 4.91. The second-order valence-electron chi connectivity index (χ2n) is 10.0. The Balaban J connectivity index is 1.50. The fraction of sp³-hybridized carbons (Fsp3) is 0.433. The molecule has 2 amide bonds. The van der Waals surface area contributed by atoms with Gasteiger partial charge >= 0.3 is 0 Å². The van der Waals surface area contributed by atoms with Gasteiger partial charge in [0, 0.05) is 61.7 Å². The maximum atomic E-state index is 13.5. The van der Waals surface area contributed by atoms with E-state index in [1.165, 1.54) is 0 Å². The third-order valence-corrected chi connectivity index (χ3v) is 7.04. The average molecular weight is 533 g/mol. The summed E-state index contributed by atoms with van der Waals surface area (Å²) in [4.78, 5) is 35.5. The van der Waals surface area contributed by atoms with Crippen LogP contribution in [0.2, 0.25) is 0 Å². The fourth-order valence-electron chi connectivity index (χ4n) is 4.91. The molecule has 39 heavy (non-hydrogen) atoms. The first-order valence-electron chi connectivity index (χ1n) is 13.8. The molecule has 1 aromatic heterocycles. The topological polar surface area (TPSA) is 122 Å². The van der Waals surface area contributed by atoms with E-state index in [1.54, 1.807) is 17.0 Å². The minimum absolute atomic E-state index is 0.0664. The molecule has 208 valence electrons. The Morgan fingerprint density at radius 3 is 2.64 bits per heavy atom. The summed E-state index contributed by atoms with van der Waals surface area (Å²) in [7, 11) is 0. The van der Waals surface area contributed by atoms with Gasteiger partial charge in [0.05, 0.1) is 17.8 Å². The number of rotatable bonds is 13. The molecular weight excluding hydrogens is 492 g/mol. The van der Waals surface area contributed by atoms with Crippen molar-refractivity contribution >= 4 is 23.2 Å². The third-order valence-electron chi connectivity index (χ3n) is 7.04. The molecule has 2 heterocycles. The SMILES string of the molecule is CCNc1cc(C(=O)N[C@@H](Cc2ccccc2)[C@H](O)CNCc2nc(CC)[nH]c2C)cc(N2CCCC2=O)c1. The minimum atomic E-state index is -0.837. The summed E-state index contributed by atoms with van der Waals surface area (Å²) in [5.41, 5.74) is 4.89. The molecule has 1 aliphatic rings. The number of amides is 2. The van der Waals surface area contributed by atoms with Crippen molar-refractivity contribution in [2.45, 2.75) is 65.1 Å². The van der Waals surface area contributed by atoms with Gasteiger partial charge < -0.3 is 30.9 Å². The van der Waals surface area contributed by atoms with Crippen molar-refractivity contribution in [1.29, 1.82) is 0 Å². The largest absolute Gasteiger partial charge is 0.390 e. The van der Waals surface area contributed by atoms with Crippen LogP contribution >= 0.6 is 0 Å². The van der Waals surface area contributed by atoms with Crippen LogP contribution in [0, 0.1) is 6.92 Å². The van der Waals surface area contributed by atoms with Crippen LogP contribution < -0.4 is 20.9 Å². The first kappa shape index (κ1) is 28.3. The van der Waals surface area contributed by atoms with Crippen LogP contribution in [0.3, 0.4) is 0 Å². The summed E-state index contributed by atoms with van der Waals surface area (Å²) in [6.07, 6.45) is 1.79. The minimum Gasteiger partial charge on any atom is -0.390 e. The molecule has 0 aliphatic carbocycles. The van der Waals surface area contributed by atoms with Crippen molar-refractivity contribution in [3.63, 3.8) is 0 Å². The van der Waals surface area contributed by atoms with Gasteiger partial charge in [-0.15, -0.1) is 0 Å². The number of benzene rings is 2. The molecule has 0 radical (unpaired) electrons. The number of anilines is 2. The van der Waals surface area contributed by atoms with Crippen LogP contribution in [-0.4, -0.2) is 58.7 Å². The van der Waals surface area contributed by atoms with Gasteiger partial charge in [0.25, 0.3) is 5.91 Å². The highest BCUT2D eigenvalue weighted by Gasteiger charge is 2.26. The lowest BCUT2D eigenvalue weighted by molar-refractivity contribution is -0.117. The molecule has 0 spiro atoms. The molecule has 2 aromatic carbocycles. The Kier molecular flexibility index (Phi) is 9.73. The van der Waals surface area contributed by atoms with Crippen molar-refractivity contribution in [1.82, 2.24) is 20.6 Å². The molecule has 3 aromatic rings. The highest BCUT2D eigenvalue weighted by atomic mass is 16.3. The van der Waals surface area contributed by atoms with Crippen molar-refractivity contribution < 1.29 is 14.7 Å². The maximum Gasteiger partial charge on any atom is 0.251 e. The summed E-state index contributed by atoms with van der Waals surface area (Å²) >= 11 is 0. The van der Waals surface area contributed by atoms with Gasteiger partial charge in [-0.1, -0.05) is 37.3 Å². The molecular formula is C30H40N6O3. The van der Waals surface area contributed by atoms with Crippen LogP contribution in [0.4, 0.5) is 11.4 Å². The second kappa shape index (κ2) is 13.4. The normalized spacial score (nSPS) is 14.9. The van der Waals surface area contributed by atoms with Crippen LogP contribution in [0.5, 0.6) is 0 Å². The zero-order chi connectivity index (χ0) is 27.8. The molecule has 4 rings (SSSR count). The Labute approximate surface area is 230 Å². The first-order valence-corrected chi connectivity index (χ1v) is 13.8. The lowest BCUT2D eigenvalue weighted by Crippen LogP contribution is -2.48. The molecule has 1 aliphatic heterocycles. The number of carbonyl (C=O) groups is 2. The van der Waals surface area contributed by atoms with E-state index < -0.39 is 12.1 Å². The number of H-pyrrole nitrogens is 1. The van der Waals surface area contributed by atoms with Crippen LogP contribution in [0.1, 0.15) is 59.8 Å². The number of carbonyl (C=O) groups excluding carboxylic acids is 2. The molecule has 9 nitrogen and oxygen atoms in total. The number of aliphatic hydroxyl groups excluding tert-OH is 1. The predicted molar refractivity (Wildman–Crippen MR) is 154 cm³/mol. The van der Waals surface area contributed by atoms with E-state index in [9.17, 15) is 14.7 Å². The highest BCUT2D eigenvalue weighted by Crippen LogP contribution is 2.27. The van der Waals surface area contributed by atoms with Gasteiger partial charge in [0.2, 0.25) is 5.91 Å². The summed E-state index contributed by atoms with van der Waals surface area (Å²) in [6.45, 7) is 8.17. The quantitative estimate of drug-likeness (QED) is 0.230. The molecule has 0 unspecified atom stereocenters. The van der Waals surface area contributed by atoms with Crippen molar-refractivity contribution in [3.05, 3.63) is 76.9 Å². The highest BCUT2D eigenvalue weighted by molar-refractivity contribution is 6.00. The lowest BCUT2D eigenvalue weighted by Gasteiger charge is -2.25. The Bertz CT molecular complexity index is 1260. The summed E-state index contributed by atoms with van der Waals surface area (Å²) < 4.78 is 0. The number of imidazole rings is 1. The Hall–Kier alpha value is -3.69. The van der Waals surface area contributed by atoms with Crippen LogP contribution in [0.15, 0.2) is 48.5 Å². The summed E-state index contributed by atoms with van der Waals surface area (Å²) in [5, 5.41) is 20.8. The molecule has 2 atom stereocenters. The molecule has 0 bridgehead atoms. The zero-order valence-electron chi connectivity index (χ0n) is 23.1. The number of nitrogens with zero attached hydrogens (tertiary/aromatic N) is 2. The van der Waals surface area contributed by atoms with E-state index in [-0.39, 0.29) is 18.4 Å². The molecule has 9 heteroatoms. The van der Waals surface area contributed by atoms with Crippen molar-refractivity contribution in [2.24, 2.45) is 0 Å². The van der Waals surface area contributed by atoms with Crippen molar-refractivity contribution in [3.8, 4) is 0 Å². The number of aromatic amines is 1. The molecule has 0 saturated carbocycles. The van der Waals surface area contributed by atoms with Gasteiger partial charge in [-0.3, -0.25) is 9.59 Å². The molecule has 5 N–H and O–H groups in total. The number of aromatic nitrogens is 2. The van der Waals surface area contributed by atoms with E-state index in [2.05, 4.69) is 32.8 Å². The number of nitrogens with one attached hydrogen (secondary N) is 4. The standard InChI is InChI=1S/C30H40N6O3/c1-4-28-33-20(3)26(34-28)18-31-19-27(37)25(14-21-10-7-6-8-11-21)35-30(39)22-15-23(32-5-2)17-24(16-22)36-13-9-12-29(36)38/h6-8,10-11,15-17,25,27,31-32,37H,4-5,9,12-14,18-19H2,1-3H3,(H,33,34)(H,35,39)/t25-,27+/m0/s1. The van der Waals surface area contributed by atoms with E-state index in [0.717, 1.165) is 41.3 Å². The molecule has 1 saturated heterocycles. The van der Waals surface area contributed by atoms with E-state index in [0.29, 0.717) is 43.7 Å². The first-order chi connectivity index (χ1) is 18.9. The lowest BCUT2D eigenvalue weighted by atomic mass is 10.00. The van der Waals surface area contributed by atoms with E-state index >= 15 is 0 Å². The molecule has 1 fully saturated rings. The van der Waals surface area contributed by atoms with Gasteiger partial charge in [-0.25, -0.2) is 4.98 Å². The number of hydrogen-bond donors (Lipinski definition) is 5. The number of aryl methyl sites for hydroxylation is 2. The zero-order valence-corrected chi connectivity index (χ0v) is 23.1. The Morgan fingerprint density at radius 2 is 1.97 bits per heavy atom. The van der Waals surface area contributed by atoms with E-state index in [1.807, 2.05) is 50.2 Å². The monoisotopic (exact) mass is 532 g/mol. The average Bonchev–Trinajstić information content (AvgIpc) is 3.53. The van der Waals surface area contributed by atoms with Gasteiger partial charge in [-0.05, 0) is 50.5 Å². The predicted octanol–water partition coefficient (Wildman–Crippen LogP) is 3.33. The second-order valence-corrected chi connectivity index (χ2v) is 10.0.